The minimum atomic E-state index is -3.84. The van der Waals surface area contributed by atoms with E-state index in [1.54, 1.807) is 12.1 Å². The molecule has 0 radical (unpaired) electrons. The molecular formula is C13H10BrF2NO2S. The Labute approximate surface area is 123 Å². The van der Waals surface area contributed by atoms with Crippen molar-refractivity contribution in [3.05, 3.63) is 58.1 Å². The van der Waals surface area contributed by atoms with E-state index in [-0.39, 0.29) is 15.1 Å². The summed E-state index contributed by atoms with van der Waals surface area (Å²) in [5.41, 5.74) is 0.857. The van der Waals surface area contributed by atoms with E-state index in [2.05, 4.69) is 20.7 Å². The molecule has 0 atom stereocenters. The van der Waals surface area contributed by atoms with E-state index in [9.17, 15) is 17.2 Å². The quantitative estimate of drug-likeness (QED) is 0.844. The van der Waals surface area contributed by atoms with Crippen molar-refractivity contribution in [2.45, 2.75) is 11.8 Å². The Morgan fingerprint density at radius 3 is 2.25 bits per heavy atom. The average molecular weight is 362 g/mol. The second kappa shape index (κ2) is 5.49. The molecule has 3 nitrogen and oxygen atoms in total. The first-order valence-electron chi connectivity index (χ1n) is 5.53. The molecule has 2 rings (SSSR count). The second-order valence-electron chi connectivity index (χ2n) is 4.17. The summed E-state index contributed by atoms with van der Waals surface area (Å²) >= 11 is 2.82. The smallest absolute Gasteiger partial charge is 0.261 e. The van der Waals surface area contributed by atoms with Gasteiger partial charge in [-0.3, -0.25) is 4.72 Å². The molecule has 2 aromatic rings. The standard InChI is InChI=1S/C13H10BrF2NO2S/c1-8-2-4-10(5-3-8)20(18,19)17-9-6-11(14)13(16)12(15)7-9/h2-7,17H,1H3. The van der Waals surface area contributed by atoms with Crippen LogP contribution in [0.3, 0.4) is 0 Å². The summed E-state index contributed by atoms with van der Waals surface area (Å²) in [6, 6.07) is 8.11. The Balaban J connectivity index is 2.36. The van der Waals surface area contributed by atoms with Gasteiger partial charge in [0, 0.05) is 6.07 Å². The molecule has 0 aromatic heterocycles. The zero-order chi connectivity index (χ0) is 14.9. The van der Waals surface area contributed by atoms with E-state index in [1.807, 2.05) is 6.92 Å². The normalized spacial score (nSPS) is 11.4. The molecule has 0 aliphatic carbocycles. The summed E-state index contributed by atoms with van der Waals surface area (Å²) < 4.78 is 52.5. The van der Waals surface area contributed by atoms with E-state index in [1.165, 1.54) is 12.1 Å². The fourth-order valence-electron chi connectivity index (χ4n) is 1.55. The van der Waals surface area contributed by atoms with Crippen molar-refractivity contribution in [2.24, 2.45) is 0 Å². The minimum Gasteiger partial charge on any atom is -0.279 e. The van der Waals surface area contributed by atoms with Crippen LogP contribution in [0.4, 0.5) is 14.5 Å². The van der Waals surface area contributed by atoms with E-state index >= 15 is 0 Å². The number of benzene rings is 2. The fourth-order valence-corrected chi connectivity index (χ4v) is 3.02. The van der Waals surface area contributed by atoms with Crippen molar-refractivity contribution in [1.82, 2.24) is 0 Å². The number of anilines is 1. The highest BCUT2D eigenvalue weighted by Gasteiger charge is 2.16. The van der Waals surface area contributed by atoms with Crippen LogP contribution in [0.15, 0.2) is 45.8 Å². The Morgan fingerprint density at radius 2 is 1.70 bits per heavy atom. The number of hydrogen-bond donors (Lipinski definition) is 1. The van der Waals surface area contributed by atoms with Crippen LogP contribution < -0.4 is 4.72 Å². The van der Waals surface area contributed by atoms with Gasteiger partial charge in [-0.05, 0) is 41.1 Å². The highest BCUT2D eigenvalue weighted by molar-refractivity contribution is 9.10. The summed E-state index contributed by atoms with van der Waals surface area (Å²) in [7, 11) is -3.84. The molecule has 0 spiro atoms. The maximum absolute atomic E-state index is 13.2. The first kappa shape index (κ1) is 14.9. The summed E-state index contributed by atoms with van der Waals surface area (Å²) in [4.78, 5) is 0.0453. The van der Waals surface area contributed by atoms with Crippen LogP contribution in [-0.2, 0) is 10.0 Å². The Hall–Kier alpha value is -1.47. The molecule has 7 heteroatoms. The van der Waals surface area contributed by atoms with Crippen LogP contribution in [0.2, 0.25) is 0 Å². The molecule has 2 aromatic carbocycles. The van der Waals surface area contributed by atoms with E-state index in [4.69, 9.17) is 0 Å². The third-order valence-corrected chi connectivity index (χ3v) is 4.54. The monoisotopic (exact) mass is 361 g/mol. The van der Waals surface area contributed by atoms with Gasteiger partial charge in [-0.2, -0.15) is 0 Å². The van der Waals surface area contributed by atoms with E-state index in [0.717, 1.165) is 17.7 Å². The number of hydrogen-bond acceptors (Lipinski definition) is 2. The third kappa shape index (κ3) is 3.16. The van der Waals surface area contributed by atoms with Gasteiger partial charge in [-0.1, -0.05) is 17.7 Å². The van der Waals surface area contributed by atoms with Crippen LogP contribution in [0, 0.1) is 18.6 Å². The Morgan fingerprint density at radius 1 is 1.10 bits per heavy atom. The maximum Gasteiger partial charge on any atom is 0.261 e. The van der Waals surface area contributed by atoms with Crippen molar-refractivity contribution in [3.63, 3.8) is 0 Å². The summed E-state index contributed by atoms with van der Waals surface area (Å²) in [6.45, 7) is 1.83. The topological polar surface area (TPSA) is 46.2 Å². The summed E-state index contributed by atoms with van der Waals surface area (Å²) in [6.07, 6.45) is 0. The Bertz CT molecular complexity index is 722. The first-order chi connectivity index (χ1) is 9.29. The predicted molar refractivity (Wildman–Crippen MR) is 76.0 cm³/mol. The molecule has 0 aliphatic heterocycles. The van der Waals surface area contributed by atoms with Crippen LogP contribution in [0.5, 0.6) is 0 Å². The first-order valence-corrected chi connectivity index (χ1v) is 7.81. The highest BCUT2D eigenvalue weighted by Crippen LogP contribution is 2.25. The molecule has 0 heterocycles. The Kier molecular flexibility index (Phi) is 4.10. The summed E-state index contributed by atoms with van der Waals surface area (Å²) in [5, 5.41) is 0. The molecule has 20 heavy (non-hydrogen) atoms. The molecule has 1 N–H and O–H groups in total. The van der Waals surface area contributed by atoms with Gasteiger partial charge >= 0.3 is 0 Å². The molecule has 0 saturated carbocycles. The lowest BCUT2D eigenvalue weighted by Crippen LogP contribution is -2.13. The lowest BCUT2D eigenvalue weighted by atomic mass is 10.2. The highest BCUT2D eigenvalue weighted by atomic mass is 79.9. The molecule has 0 saturated heterocycles. The number of nitrogens with one attached hydrogen (secondary N) is 1. The summed E-state index contributed by atoms with van der Waals surface area (Å²) in [5.74, 6) is -2.20. The van der Waals surface area contributed by atoms with Gasteiger partial charge in [0.1, 0.15) is 0 Å². The van der Waals surface area contributed by atoms with Crippen molar-refractivity contribution in [3.8, 4) is 0 Å². The van der Waals surface area contributed by atoms with Crippen LogP contribution in [0.25, 0.3) is 0 Å². The van der Waals surface area contributed by atoms with Gasteiger partial charge in [0.2, 0.25) is 0 Å². The SMILES string of the molecule is Cc1ccc(S(=O)(=O)Nc2cc(F)c(F)c(Br)c2)cc1. The van der Waals surface area contributed by atoms with Crippen LogP contribution in [0.1, 0.15) is 5.56 Å². The fraction of sp³-hybridized carbons (Fsp3) is 0.0769. The van der Waals surface area contributed by atoms with Gasteiger partial charge in [-0.25, -0.2) is 17.2 Å². The zero-order valence-electron chi connectivity index (χ0n) is 10.3. The van der Waals surface area contributed by atoms with Crippen LogP contribution in [-0.4, -0.2) is 8.42 Å². The molecular weight excluding hydrogens is 352 g/mol. The zero-order valence-corrected chi connectivity index (χ0v) is 12.7. The molecule has 106 valence electrons. The van der Waals surface area contributed by atoms with Crippen molar-refractivity contribution in [2.75, 3.05) is 4.72 Å². The molecule has 0 bridgehead atoms. The van der Waals surface area contributed by atoms with Gasteiger partial charge in [0.15, 0.2) is 11.6 Å². The van der Waals surface area contributed by atoms with Crippen molar-refractivity contribution < 1.29 is 17.2 Å². The van der Waals surface area contributed by atoms with Crippen molar-refractivity contribution >= 4 is 31.6 Å². The lowest BCUT2D eigenvalue weighted by Gasteiger charge is -2.09. The van der Waals surface area contributed by atoms with E-state index in [0.29, 0.717) is 0 Å². The molecule has 0 aliphatic rings. The maximum atomic E-state index is 13.2. The van der Waals surface area contributed by atoms with Gasteiger partial charge in [0.25, 0.3) is 10.0 Å². The average Bonchev–Trinajstić information content (AvgIpc) is 2.36. The number of halogens is 3. The molecule has 0 fully saturated rings. The van der Waals surface area contributed by atoms with E-state index < -0.39 is 21.7 Å². The predicted octanol–water partition coefficient (Wildman–Crippen LogP) is 3.84. The number of sulfonamides is 1. The molecule has 0 unspecified atom stereocenters. The second-order valence-corrected chi connectivity index (χ2v) is 6.71. The van der Waals surface area contributed by atoms with Gasteiger partial charge < -0.3 is 0 Å². The third-order valence-electron chi connectivity index (χ3n) is 2.57. The molecule has 0 amide bonds. The largest absolute Gasteiger partial charge is 0.279 e. The van der Waals surface area contributed by atoms with Crippen LogP contribution >= 0.6 is 15.9 Å². The van der Waals surface area contributed by atoms with Gasteiger partial charge in [-0.15, -0.1) is 0 Å². The minimum absolute atomic E-state index is 0.0453. The number of rotatable bonds is 3. The number of aryl methyl sites for hydroxylation is 1. The lowest BCUT2D eigenvalue weighted by molar-refractivity contribution is 0.505. The van der Waals surface area contributed by atoms with Gasteiger partial charge in [0.05, 0.1) is 15.1 Å². The van der Waals surface area contributed by atoms with Crippen molar-refractivity contribution in [1.29, 1.82) is 0 Å².